The van der Waals surface area contributed by atoms with Gasteiger partial charge in [-0.15, -0.1) is 5.69 Å². The van der Waals surface area contributed by atoms with Gasteiger partial charge in [-0.2, -0.15) is 11.8 Å². The highest BCUT2D eigenvalue weighted by molar-refractivity contribution is 8.04. The molecule has 0 fully saturated rings. The highest BCUT2D eigenvalue weighted by Gasteiger charge is 2.43. The van der Waals surface area contributed by atoms with Crippen molar-refractivity contribution in [3.63, 3.8) is 0 Å². The van der Waals surface area contributed by atoms with Gasteiger partial charge >= 0.3 is 0 Å². The fourth-order valence-corrected chi connectivity index (χ4v) is 8.33. The van der Waals surface area contributed by atoms with Crippen LogP contribution in [0, 0.1) is 0 Å². The number of hydrogen-bond acceptors (Lipinski definition) is 1. The topological polar surface area (TPSA) is 14.1 Å². The van der Waals surface area contributed by atoms with Gasteiger partial charge in [0, 0.05) is 0 Å². The highest BCUT2D eigenvalue weighted by atomic mass is 32.2. The molecule has 4 aromatic carbocycles. The average molecular weight is 426 g/mol. The van der Waals surface area contributed by atoms with Gasteiger partial charge in [-0.25, -0.2) is 0 Å². The zero-order chi connectivity index (χ0) is 20.7. The molecule has 0 aromatic heterocycles. The van der Waals surface area contributed by atoms with E-state index in [1.54, 1.807) is 11.8 Å². The van der Waals surface area contributed by atoms with Gasteiger partial charge < -0.3 is 5.32 Å². The third-order valence-corrected chi connectivity index (χ3v) is 9.77. The van der Waals surface area contributed by atoms with Crippen molar-refractivity contribution in [2.24, 2.45) is 0 Å². The normalized spacial score (nSPS) is 11.8. The Kier molecular flexibility index (Phi) is 6.69. The van der Waals surface area contributed by atoms with Gasteiger partial charge in [0.15, 0.2) is 0 Å². The summed E-state index contributed by atoms with van der Waals surface area (Å²) < 4.78 is 0. The summed E-state index contributed by atoms with van der Waals surface area (Å²) >= 11 is 1.70. The maximum absolute atomic E-state index is 4.99. The molecule has 4 rings (SSSR count). The fourth-order valence-electron chi connectivity index (χ4n) is 3.58. The Hall–Kier alpha value is -2.80. The van der Waals surface area contributed by atoms with Crippen LogP contribution in [0.4, 0.5) is 5.69 Å². The van der Waals surface area contributed by atoms with Gasteiger partial charge in [0.2, 0.25) is 0 Å². The molecule has 0 unspecified atom stereocenters. The minimum absolute atomic E-state index is 0.977. The second-order valence-electron chi connectivity index (χ2n) is 6.85. The summed E-state index contributed by atoms with van der Waals surface area (Å²) in [7, 11) is -2.04. The SMILES string of the molecule is CS/C(=C/[P+](c1ccccc1)(c1ccccc1)c1ccccc1)[N-]c1ccccc1. The second-order valence-corrected chi connectivity index (χ2v) is 10.9. The Labute approximate surface area is 184 Å². The monoisotopic (exact) mass is 425 g/mol. The van der Waals surface area contributed by atoms with E-state index in [2.05, 4.69) is 115 Å². The van der Waals surface area contributed by atoms with Crippen molar-refractivity contribution in [2.75, 3.05) is 6.26 Å². The predicted molar refractivity (Wildman–Crippen MR) is 136 cm³/mol. The third-order valence-electron chi connectivity index (χ3n) is 5.00. The molecule has 1 nitrogen and oxygen atoms in total. The third kappa shape index (κ3) is 4.36. The molecule has 4 aromatic rings. The van der Waals surface area contributed by atoms with Crippen LogP contribution in [0.2, 0.25) is 0 Å². The van der Waals surface area contributed by atoms with Crippen molar-refractivity contribution in [1.29, 1.82) is 0 Å². The molecule has 0 radical (unpaired) electrons. The first-order chi connectivity index (χ1) is 14.8. The molecule has 0 amide bonds. The lowest BCUT2D eigenvalue weighted by Crippen LogP contribution is -2.29. The van der Waals surface area contributed by atoms with E-state index in [9.17, 15) is 0 Å². The standard InChI is InChI=1S/C27H24NPS/c1-30-27(28-23-14-6-2-7-15-23)22-29(24-16-8-3-9-17-24,25-18-10-4-11-19-25)26-20-12-5-13-21-26/h2-22H,1H3/b27-22+. The summed E-state index contributed by atoms with van der Waals surface area (Å²) in [5, 5.41) is 10.0. The number of rotatable bonds is 7. The van der Waals surface area contributed by atoms with Gasteiger partial charge in [0.1, 0.15) is 23.2 Å². The maximum Gasteiger partial charge on any atom is 0.136 e. The summed E-state index contributed by atoms with van der Waals surface area (Å²) in [5.41, 5.74) is 0.977. The van der Waals surface area contributed by atoms with Crippen LogP contribution in [0.1, 0.15) is 0 Å². The van der Waals surface area contributed by atoms with E-state index in [0.29, 0.717) is 0 Å². The molecule has 0 aliphatic carbocycles. The molecule has 30 heavy (non-hydrogen) atoms. The van der Waals surface area contributed by atoms with Gasteiger partial charge in [0.25, 0.3) is 0 Å². The van der Waals surface area contributed by atoms with Crippen LogP contribution in [-0.2, 0) is 0 Å². The van der Waals surface area contributed by atoms with Crippen molar-refractivity contribution in [1.82, 2.24) is 0 Å². The van der Waals surface area contributed by atoms with Gasteiger partial charge in [-0.3, -0.25) is 0 Å². The molecule has 0 spiro atoms. The van der Waals surface area contributed by atoms with E-state index in [0.717, 1.165) is 10.7 Å². The van der Waals surface area contributed by atoms with Crippen molar-refractivity contribution < 1.29 is 0 Å². The molecule has 3 heteroatoms. The van der Waals surface area contributed by atoms with Crippen molar-refractivity contribution in [3.05, 3.63) is 137 Å². The number of benzene rings is 4. The molecule has 0 saturated heterocycles. The molecule has 148 valence electrons. The van der Waals surface area contributed by atoms with Crippen LogP contribution in [0.15, 0.2) is 132 Å². The zero-order valence-corrected chi connectivity index (χ0v) is 18.6. The lowest BCUT2D eigenvalue weighted by atomic mass is 10.3. The van der Waals surface area contributed by atoms with E-state index >= 15 is 0 Å². The number of nitrogens with zero attached hydrogens (tertiary/aromatic N) is 1. The van der Waals surface area contributed by atoms with Crippen LogP contribution in [0.3, 0.4) is 0 Å². The van der Waals surface area contributed by atoms with Gasteiger partial charge in [0.05, 0.1) is 5.82 Å². The molecule has 0 saturated carbocycles. The maximum atomic E-state index is 4.99. The smallest absolute Gasteiger partial charge is 0.136 e. The number of hydrogen-bond donors (Lipinski definition) is 0. The first-order valence-corrected chi connectivity index (χ1v) is 13.0. The Bertz CT molecular complexity index is 984. The van der Waals surface area contributed by atoms with E-state index < -0.39 is 7.26 Å². The number of thioether (sulfide) groups is 1. The minimum Gasteiger partial charge on any atom is -0.650 e. The Morgan fingerprint density at radius 3 is 1.33 bits per heavy atom. The minimum atomic E-state index is -2.04. The lowest BCUT2D eigenvalue weighted by molar-refractivity contribution is 1.65. The van der Waals surface area contributed by atoms with Crippen LogP contribution in [0.25, 0.3) is 5.32 Å². The quantitative estimate of drug-likeness (QED) is 0.295. The predicted octanol–water partition coefficient (Wildman–Crippen LogP) is 6.85. The van der Waals surface area contributed by atoms with Crippen molar-refractivity contribution in [3.8, 4) is 0 Å². The van der Waals surface area contributed by atoms with Gasteiger partial charge in [-0.05, 0) is 42.7 Å². The van der Waals surface area contributed by atoms with Gasteiger partial charge in [-0.1, -0.05) is 90.0 Å². The molecule has 0 bridgehead atoms. The molecule has 0 aliphatic rings. The largest absolute Gasteiger partial charge is 0.650 e. The summed E-state index contributed by atoms with van der Waals surface area (Å²) in [6, 6.07) is 42.8. The summed E-state index contributed by atoms with van der Waals surface area (Å²) in [5.74, 6) is 2.42. The van der Waals surface area contributed by atoms with E-state index in [4.69, 9.17) is 5.32 Å². The number of para-hydroxylation sites is 1. The zero-order valence-electron chi connectivity index (χ0n) is 16.9. The van der Waals surface area contributed by atoms with E-state index in [1.807, 2.05) is 18.2 Å². The van der Waals surface area contributed by atoms with Crippen molar-refractivity contribution >= 4 is 40.6 Å². The second kappa shape index (κ2) is 9.80. The Balaban J connectivity index is 1.97. The molecular weight excluding hydrogens is 401 g/mol. The molecule has 0 aliphatic heterocycles. The summed E-state index contributed by atoms with van der Waals surface area (Å²) in [6.07, 6.45) is 2.11. The van der Waals surface area contributed by atoms with Crippen LogP contribution in [-0.4, -0.2) is 6.26 Å². The molecule has 0 heterocycles. The molecular formula is C27H24NPS. The molecule has 0 atom stereocenters. The first kappa shape index (κ1) is 20.5. The van der Waals surface area contributed by atoms with Crippen LogP contribution < -0.4 is 15.9 Å². The Morgan fingerprint density at radius 1 is 0.600 bits per heavy atom. The van der Waals surface area contributed by atoms with E-state index in [1.165, 1.54) is 15.9 Å². The first-order valence-electron chi connectivity index (χ1n) is 9.92. The van der Waals surface area contributed by atoms with Crippen LogP contribution >= 0.6 is 19.0 Å². The summed E-state index contributed by atoms with van der Waals surface area (Å²) in [6.45, 7) is 0. The Morgan fingerprint density at radius 2 is 0.967 bits per heavy atom. The fraction of sp³-hybridized carbons (Fsp3) is 0.0370. The summed E-state index contributed by atoms with van der Waals surface area (Å²) in [4.78, 5) is 0. The van der Waals surface area contributed by atoms with Crippen LogP contribution in [0.5, 0.6) is 0 Å². The lowest BCUT2D eigenvalue weighted by Gasteiger charge is -2.30. The van der Waals surface area contributed by atoms with Crippen molar-refractivity contribution in [2.45, 2.75) is 0 Å². The molecule has 0 N–H and O–H groups in total. The highest BCUT2D eigenvalue weighted by Crippen LogP contribution is 2.59. The average Bonchev–Trinajstić information content (AvgIpc) is 2.84. The van der Waals surface area contributed by atoms with E-state index in [-0.39, 0.29) is 0 Å².